The van der Waals surface area contributed by atoms with Gasteiger partial charge in [0.2, 0.25) is 0 Å². The number of nitrogens with one attached hydrogen (secondary N) is 1. The molecule has 3 rings (SSSR count). The zero-order chi connectivity index (χ0) is 23.1. The molecule has 6 nitrogen and oxygen atoms in total. The van der Waals surface area contributed by atoms with Crippen molar-refractivity contribution in [3.05, 3.63) is 94.5 Å². The van der Waals surface area contributed by atoms with Gasteiger partial charge in [-0.25, -0.2) is 9.59 Å². The molecule has 0 aromatic heterocycles. The van der Waals surface area contributed by atoms with Gasteiger partial charge in [0.05, 0.1) is 29.4 Å². The number of ether oxygens (including phenoxy) is 2. The molecule has 0 atom stereocenters. The molecule has 0 amide bonds. The Balaban J connectivity index is 2.02. The highest BCUT2D eigenvalue weighted by Crippen LogP contribution is 2.30. The summed E-state index contributed by atoms with van der Waals surface area (Å²) in [5, 5.41) is 9.31. The number of hydrogen-bond donors (Lipinski definition) is 1. The van der Waals surface area contributed by atoms with Crippen molar-refractivity contribution in [2.75, 3.05) is 18.1 Å². The van der Waals surface area contributed by atoms with Crippen LogP contribution in [0.5, 0.6) is 0 Å². The van der Waals surface area contributed by atoms with Gasteiger partial charge < -0.3 is 9.47 Å². The maximum Gasteiger partial charge on any atom is 0.338 e. The second-order valence-electron chi connectivity index (χ2n) is 6.70. The molecule has 0 aliphatic heterocycles. The van der Waals surface area contributed by atoms with E-state index in [1.165, 1.54) is 0 Å². The van der Waals surface area contributed by atoms with Crippen LogP contribution in [0.4, 0.5) is 11.4 Å². The van der Waals surface area contributed by atoms with Crippen molar-refractivity contribution in [1.82, 2.24) is 0 Å². The number of rotatable bonds is 7. The average Bonchev–Trinajstić information content (AvgIpc) is 2.80. The fraction of sp³-hybridized carbons (Fsp3) is 0.160. The van der Waals surface area contributed by atoms with Gasteiger partial charge in [-0.1, -0.05) is 23.7 Å². The van der Waals surface area contributed by atoms with Gasteiger partial charge in [0.25, 0.3) is 0 Å². The highest BCUT2D eigenvalue weighted by Gasteiger charge is 2.20. The van der Waals surface area contributed by atoms with E-state index in [2.05, 4.69) is 0 Å². The molecule has 0 unspecified atom stereocenters. The lowest BCUT2D eigenvalue weighted by Gasteiger charge is -2.26. The zero-order valence-corrected chi connectivity index (χ0v) is 18.6. The van der Waals surface area contributed by atoms with Crippen molar-refractivity contribution >= 4 is 40.7 Å². The van der Waals surface area contributed by atoms with Crippen molar-refractivity contribution < 1.29 is 19.1 Å². The molecule has 7 heteroatoms. The topological polar surface area (TPSA) is 79.7 Å². The summed E-state index contributed by atoms with van der Waals surface area (Å²) in [6.45, 7) is 4.07. The molecule has 0 fully saturated rings. The van der Waals surface area contributed by atoms with Crippen LogP contribution in [0.3, 0.4) is 0 Å². The Kier molecular flexibility index (Phi) is 7.63. The summed E-state index contributed by atoms with van der Waals surface area (Å²) in [4.78, 5) is 25.7. The molecule has 32 heavy (non-hydrogen) atoms. The molecule has 0 radical (unpaired) electrons. The average molecular weight is 451 g/mol. The van der Waals surface area contributed by atoms with Gasteiger partial charge >= 0.3 is 11.9 Å². The molecule has 0 bridgehead atoms. The molecule has 1 N–H and O–H groups in total. The number of halogens is 1. The number of nitrogens with zero attached hydrogens (tertiary/aromatic N) is 1. The van der Waals surface area contributed by atoms with Gasteiger partial charge in [0, 0.05) is 16.9 Å². The second kappa shape index (κ2) is 10.6. The highest BCUT2D eigenvalue weighted by atomic mass is 35.5. The van der Waals surface area contributed by atoms with Crippen LogP contribution in [0.1, 0.15) is 40.1 Å². The minimum atomic E-state index is -0.412. The van der Waals surface area contributed by atoms with E-state index in [1.807, 2.05) is 6.07 Å². The smallest absolute Gasteiger partial charge is 0.338 e. The van der Waals surface area contributed by atoms with Crippen molar-refractivity contribution in [2.45, 2.75) is 13.8 Å². The highest BCUT2D eigenvalue weighted by molar-refractivity contribution is 6.35. The fourth-order valence-corrected chi connectivity index (χ4v) is 3.33. The molecule has 0 aliphatic rings. The third kappa shape index (κ3) is 5.15. The van der Waals surface area contributed by atoms with Crippen LogP contribution in [0.25, 0.3) is 0 Å². The summed E-state index contributed by atoms with van der Waals surface area (Å²) in [6, 6.07) is 20.6. The Morgan fingerprint density at radius 2 is 1.22 bits per heavy atom. The van der Waals surface area contributed by atoms with Crippen LogP contribution >= 0.6 is 11.6 Å². The van der Waals surface area contributed by atoms with E-state index in [0.717, 1.165) is 0 Å². The largest absolute Gasteiger partial charge is 0.462 e. The number of esters is 2. The van der Waals surface area contributed by atoms with Crippen LogP contribution in [-0.4, -0.2) is 31.0 Å². The predicted octanol–water partition coefficient (Wildman–Crippen LogP) is 5.86. The van der Waals surface area contributed by atoms with E-state index >= 15 is 0 Å². The van der Waals surface area contributed by atoms with Gasteiger partial charge in [-0.3, -0.25) is 10.3 Å². The third-order valence-corrected chi connectivity index (χ3v) is 4.96. The lowest BCUT2D eigenvalue weighted by molar-refractivity contribution is 0.0517. The molecule has 3 aromatic rings. The van der Waals surface area contributed by atoms with E-state index in [4.69, 9.17) is 26.5 Å². The maximum absolute atomic E-state index is 12.0. The molecule has 0 heterocycles. The Hall–Kier alpha value is -3.64. The quantitative estimate of drug-likeness (QED) is 0.277. The second-order valence-corrected chi connectivity index (χ2v) is 7.11. The standard InChI is InChI=1S/C25H23ClN2O4/c1-3-31-24(29)17-9-13-19(14-10-17)28(23(27)21-7-5-6-8-22(21)26)20-15-11-18(12-16-20)25(30)32-4-2/h5-16,27H,3-4H2,1-2H3. The molecule has 164 valence electrons. The van der Waals surface area contributed by atoms with Crippen molar-refractivity contribution in [2.24, 2.45) is 0 Å². The first-order valence-corrected chi connectivity index (χ1v) is 10.5. The Labute approximate surface area is 191 Å². The van der Waals surface area contributed by atoms with E-state index in [0.29, 0.717) is 33.1 Å². The van der Waals surface area contributed by atoms with Gasteiger partial charge in [-0.15, -0.1) is 0 Å². The van der Waals surface area contributed by atoms with E-state index in [1.54, 1.807) is 85.5 Å². The fourth-order valence-electron chi connectivity index (χ4n) is 3.10. The SMILES string of the molecule is CCOC(=O)c1ccc(N(C(=N)c2ccccc2Cl)c2ccc(C(=O)OCC)cc2)cc1. The number of carbonyl (C=O) groups is 2. The van der Waals surface area contributed by atoms with Crippen LogP contribution in [0.2, 0.25) is 5.02 Å². The molecule has 0 saturated carbocycles. The minimum Gasteiger partial charge on any atom is -0.462 e. The van der Waals surface area contributed by atoms with Gasteiger partial charge in [0.15, 0.2) is 0 Å². The normalized spacial score (nSPS) is 10.3. The molecule has 0 aliphatic carbocycles. The summed E-state index contributed by atoms with van der Waals surface area (Å²) in [5.41, 5.74) is 2.66. The minimum absolute atomic E-state index is 0.142. The molecule has 0 spiro atoms. The summed E-state index contributed by atoms with van der Waals surface area (Å²) in [5.74, 6) is -0.681. The predicted molar refractivity (Wildman–Crippen MR) is 125 cm³/mol. The summed E-state index contributed by atoms with van der Waals surface area (Å²) < 4.78 is 10.1. The first kappa shape index (κ1) is 23.0. The van der Waals surface area contributed by atoms with Crippen molar-refractivity contribution in [1.29, 1.82) is 5.41 Å². The third-order valence-electron chi connectivity index (χ3n) is 4.63. The van der Waals surface area contributed by atoms with Crippen molar-refractivity contribution in [3.63, 3.8) is 0 Å². The number of hydrogen-bond acceptors (Lipinski definition) is 5. The molecule has 0 saturated heterocycles. The van der Waals surface area contributed by atoms with Crippen LogP contribution in [0, 0.1) is 5.41 Å². The number of amidine groups is 1. The van der Waals surface area contributed by atoms with E-state index < -0.39 is 11.9 Å². The van der Waals surface area contributed by atoms with E-state index in [9.17, 15) is 9.59 Å². The Bertz CT molecular complexity index is 1050. The number of carbonyl (C=O) groups excluding carboxylic acids is 2. The van der Waals surface area contributed by atoms with Gasteiger partial charge in [-0.2, -0.15) is 0 Å². The number of benzene rings is 3. The molecule has 3 aromatic carbocycles. The first-order chi connectivity index (χ1) is 15.5. The maximum atomic E-state index is 12.0. The lowest BCUT2D eigenvalue weighted by atomic mass is 10.1. The Morgan fingerprint density at radius 1 is 0.781 bits per heavy atom. The summed E-state index contributed by atoms with van der Waals surface area (Å²) in [7, 11) is 0. The van der Waals surface area contributed by atoms with Crippen LogP contribution < -0.4 is 4.90 Å². The van der Waals surface area contributed by atoms with Crippen molar-refractivity contribution in [3.8, 4) is 0 Å². The molecular weight excluding hydrogens is 428 g/mol. The zero-order valence-electron chi connectivity index (χ0n) is 17.8. The molecular formula is C25H23ClN2O4. The Morgan fingerprint density at radius 3 is 1.62 bits per heavy atom. The lowest BCUT2D eigenvalue weighted by Crippen LogP contribution is -2.26. The monoisotopic (exact) mass is 450 g/mol. The van der Waals surface area contributed by atoms with E-state index in [-0.39, 0.29) is 19.0 Å². The van der Waals surface area contributed by atoms with Gasteiger partial charge in [0.1, 0.15) is 5.84 Å². The van der Waals surface area contributed by atoms with Gasteiger partial charge in [-0.05, 0) is 74.5 Å². The van der Waals surface area contributed by atoms with Crippen LogP contribution in [-0.2, 0) is 9.47 Å². The van der Waals surface area contributed by atoms with Crippen LogP contribution in [0.15, 0.2) is 72.8 Å². The first-order valence-electron chi connectivity index (χ1n) is 10.1. The number of anilines is 2. The summed E-state index contributed by atoms with van der Waals surface area (Å²) in [6.07, 6.45) is 0. The summed E-state index contributed by atoms with van der Waals surface area (Å²) >= 11 is 6.35.